The van der Waals surface area contributed by atoms with Crippen molar-refractivity contribution in [2.24, 2.45) is 0 Å². The number of methoxy groups -OCH3 is 1. The molecular formula is C13H15BrN2O2. The Hall–Kier alpha value is -1.49. The van der Waals surface area contributed by atoms with Crippen molar-refractivity contribution >= 4 is 27.4 Å². The van der Waals surface area contributed by atoms with Crippen LogP contribution in [-0.2, 0) is 0 Å². The zero-order chi connectivity index (χ0) is 13.3. The highest BCUT2D eigenvalue weighted by atomic mass is 79.9. The Labute approximate surface area is 114 Å². The first kappa shape index (κ1) is 13.0. The summed E-state index contributed by atoms with van der Waals surface area (Å²) in [4.78, 5) is 0. The SMILES string of the molecule is COc1ccc(C)c(Nc2noc(C)c2Br)c1C. The molecule has 0 radical (unpaired) electrons. The van der Waals surface area contributed by atoms with Gasteiger partial charge >= 0.3 is 0 Å². The van der Waals surface area contributed by atoms with Gasteiger partial charge in [-0.3, -0.25) is 0 Å². The first-order valence-corrected chi connectivity index (χ1v) is 6.37. The summed E-state index contributed by atoms with van der Waals surface area (Å²) in [5.74, 6) is 2.27. The highest BCUT2D eigenvalue weighted by molar-refractivity contribution is 9.10. The lowest BCUT2D eigenvalue weighted by Gasteiger charge is -2.14. The van der Waals surface area contributed by atoms with Gasteiger partial charge in [-0.25, -0.2) is 0 Å². The summed E-state index contributed by atoms with van der Waals surface area (Å²) in [5, 5.41) is 7.25. The van der Waals surface area contributed by atoms with Gasteiger partial charge in [0.2, 0.25) is 0 Å². The molecule has 0 spiro atoms. The Morgan fingerprint density at radius 2 is 2.00 bits per heavy atom. The Morgan fingerprint density at radius 1 is 1.28 bits per heavy atom. The van der Waals surface area contributed by atoms with E-state index in [9.17, 15) is 0 Å². The molecule has 0 aliphatic rings. The summed E-state index contributed by atoms with van der Waals surface area (Å²) in [6.07, 6.45) is 0. The maximum Gasteiger partial charge on any atom is 0.188 e. The third kappa shape index (κ3) is 2.22. The van der Waals surface area contributed by atoms with Crippen molar-refractivity contribution in [1.29, 1.82) is 0 Å². The highest BCUT2D eigenvalue weighted by Gasteiger charge is 2.14. The summed E-state index contributed by atoms with van der Waals surface area (Å²) < 4.78 is 11.3. The van der Waals surface area contributed by atoms with E-state index in [-0.39, 0.29) is 0 Å². The second-order valence-electron chi connectivity index (χ2n) is 4.11. The lowest BCUT2D eigenvalue weighted by atomic mass is 10.1. The van der Waals surface area contributed by atoms with Gasteiger partial charge in [-0.2, -0.15) is 0 Å². The van der Waals surface area contributed by atoms with Crippen LogP contribution in [0.3, 0.4) is 0 Å². The van der Waals surface area contributed by atoms with Gasteiger partial charge in [0.05, 0.1) is 7.11 Å². The fourth-order valence-corrected chi connectivity index (χ4v) is 2.04. The molecule has 1 aromatic heterocycles. The standard InChI is InChI=1S/C13H15BrN2O2/c1-7-5-6-10(17-4)8(2)12(7)15-13-11(14)9(3)18-16-13/h5-6H,1-4H3,(H,15,16). The van der Waals surface area contributed by atoms with Crippen molar-refractivity contribution in [2.75, 3.05) is 12.4 Å². The van der Waals surface area contributed by atoms with Crippen LogP contribution in [-0.4, -0.2) is 12.3 Å². The van der Waals surface area contributed by atoms with Gasteiger partial charge in [0, 0.05) is 11.3 Å². The minimum absolute atomic E-state index is 0.673. The number of anilines is 2. The van der Waals surface area contributed by atoms with E-state index in [4.69, 9.17) is 9.26 Å². The Kier molecular flexibility index (Phi) is 3.61. The van der Waals surface area contributed by atoms with Crippen LogP contribution >= 0.6 is 15.9 Å². The van der Waals surface area contributed by atoms with E-state index in [0.717, 1.165) is 32.8 Å². The molecular weight excluding hydrogens is 296 g/mol. The first-order chi connectivity index (χ1) is 8.54. The minimum Gasteiger partial charge on any atom is -0.496 e. The molecule has 0 amide bonds. The summed E-state index contributed by atoms with van der Waals surface area (Å²) in [6.45, 7) is 5.90. The first-order valence-electron chi connectivity index (χ1n) is 5.57. The maximum absolute atomic E-state index is 5.32. The van der Waals surface area contributed by atoms with E-state index in [0.29, 0.717) is 5.82 Å². The number of benzene rings is 1. The van der Waals surface area contributed by atoms with Crippen LogP contribution in [0, 0.1) is 20.8 Å². The van der Waals surface area contributed by atoms with E-state index in [2.05, 4.69) is 26.4 Å². The van der Waals surface area contributed by atoms with Crippen LogP contribution in [0.1, 0.15) is 16.9 Å². The summed E-state index contributed by atoms with van der Waals surface area (Å²) in [7, 11) is 1.66. The molecule has 1 aromatic carbocycles. The van der Waals surface area contributed by atoms with Crippen LogP contribution in [0.15, 0.2) is 21.1 Å². The quantitative estimate of drug-likeness (QED) is 0.926. The molecule has 2 aromatic rings. The van der Waals surface area contributed by atoms with Crippen LogP contribution < -0.4 is 10.1 Å². The number of aryl methyl sites for hydroxylation is 2. The van der Waals surface area contributed by atoms with Crippen molar-refractivity contribution in [3.8, 4) is 5.75 Å². The molecule has 2 rings (SSSR count). The van der Waals surface area contributed by atoms with Crippen LogP contribution in [0.25, 0.3) is 0 Å². The molecule has 1 N–H and O–H groups in total. The van der Waals surface area contributed by atoms with Crippen molar-refractivity contribution in [3.05, 3.63) is 33.5 Å². The second-order valence-corrected chi connectivity index (χ2v) is 4.90. The van der Waals surface area contributed by atoms with Crippen LogP contribution in [0.5, 0.6) is 5.75 Å². The van der Waals surface area contributed by atoms with E-state index >= 15 is 0 Å². The monoisotopic (exact) mass is 310 g/mol. The number of halogens is 1. The number of ether oxygens (including phenoxy) is 1. The zero-order valence-electron chi connectivity index (χ0n) is 10.8. The Morgan fingerprint density at radius 3 is 2.56 bits per heavy atom. The summed E-state index contributed by atoms with van der Waals surface area (Å²) in [5.41, 5.74) is 3.16. The second kappa shape index (κ2) is 5.02. The summed E-state index contributed by atoms with van der Waals surface area (Å²) >= 11 is 3.44. The van der Waals surface area contributed by atoms with Gasteiger partial charge in [-0.15, -0.1) is 0 Å². The van der Waals surface area contributed by atoms with Crippen LogP contribution in [0.2, 0.25) is 0 Å². The predicted octanol–water partition coefficient (Wildman–Crippen LogP) is 4.11. The average Bonchev–Trinajstić information content (AvgIpc) is 2.66. The molecule has 4 nitrogen and oxygen atoms in total. The van der Waals surface area contributed by atoms with Gasteiger partial charge in [0.15, 0.2) is 5.82 Å². The molecule has 0 unspecified atom stereocenters. The lowest BCUT2D eigenvalue weighted by molar-refractivity contribution is 0.399. The van der Waals surface area contributed by atoms with Crippen molar-refractivity contribution in [2.45, 2.75) is 20.8 Å². The zero-order valence-corrected chi connectivity index (χ0v) is 12.4. The molecule has 0 aliphatic heterocycles. The minimum atomic E-state index is 0.673. The van der Waals surface area contributed by atoms with E-state index < -0.39 is 0 Å². The highest BCUT2D eigenvalue weighted by Crippen LogP contribution is 2.34. The van der Waals surface area contributed by atoms with Crippen LogP contribution in [0.4, 0.5) is 11.5 Å². The third-order valence-electron chi connectivity index (χ3n) is 2.88. The molecule has 0 bridgehead atoms. The average molecular weight is 311 g/mol. The third-order valence-corrected chi connectivity index (χ3v) is 3.81. The molecule has 96 valence electrons. The van der Waals surface area contributed by atoms with Gasteiger partial charge in [-0.1, -0.05) is 11.2 Å². The number of nitrogens with one attached hydrogen (secondary N) is 1. The topological polar surface area (TPSA) is 47.3 Å². The number of rotatable bonds is 3. The van der Waals surface area contributed by atoms with Gasteiger partial charge in [0.1, 0.15) is 16.0 Å². The molecule has 0 aliphatic carbocycles. The van der Waals surface area contributed by atoms with Crippen molar-refractivity contribution in [1.82, 2.24) is 5.16 Å². The molecule has 18 heavy (non-hydrogen) atoms. The number of aromatic nitrogens is 1. The predicted molar refractivity (Wildman–Crippen MR) is 74.7 cm³/mol. The molecule has 5 heteroatoms. The number of hydrogen-bond donors (Lipinski definition) is 1. The molecule has 0 saturated heterocycles. The Balaban J connectivity index is 2.43. The fourth-order valence-electron chi connectivity index (χ4n) is 1.80. The number of nitrogens with zero attached hydrogens (tertiary/aromatic N) is 1. The maximum atomic E-state index is 5.32. The largest absolute Gasteiger partial charge is 0.496 e. The molecule has 0 fully saturated rings. The molecule has 1 heterocycles. The van der Waals surface area contributed by atoms with Gasteiger partial charge in [-0.05, 0) is 48.3 Å². The van der Waals surface area contributed by atoms with Crippen molar-refractivity contribution in [3.63, 3.8) is 0 Å². The molecule has 0 atom stereocenters. The van der Waals surface area contributed by atoms with Crippen molar-refractivity contribution < 1.29 is 9.26 Å². The van der Waals surface area contributed by atoms with E-state index in [1.54, 1.807) is 7.11 Å². The van der Waals surface area contributed by atoms with E-state index in [1.807, 2.05) is 32.9 Å². The van der Waals surface area contributed by atoms with Gasteiger partial charge < -0.3 is 14.6 Å². The number of hydrogen-bond acceptors (Lipinski definition) is 4. The molecule has 0 saturated carbocycles. The summed E-state index contributed by atoms with van der Waals surface area (Å²) in [6, 6.07) is 3.97. The van der Waals surface area contributed by atoms with E-state index in [1.165, 1.54) is 0 Å². The lowest BCUT2D eigenvalue weighted by Crippen LogP contribution is -1.99. The smallest absolute Gasteiger partial charge is 0.188 e. The normalized spacial score (nSPS) is 10.5. The Bertz CT molecular complexity index is 579. The fraction of sp³-hybridized carbons (Fsp3) is 0.308. The van der Waals surface area contributed by atoms with Gasteiger partial charge in [0.25, 0.3) is 0 Å².